The summed E-state index contributed by atoms with van der Waals surface area (Å²) in [5.74, 6) is -0.912. The minimum Gasteiger partial charge on any atom is -0.449 e. The Morgan fingerprint density at radius 1 is 0.774 bits per heavy atom. The molecule has 0 aromatic heterocycles. The Bertz CT molecular complexity index is 1110. The lowest BCUT2D eigenvalue weighted by Crippen LogP contribution is -2.42. The summed E-state index contributed by atoms with van der Waals surface area (Å²) in [6, 6.07) is 23.3. The van der Waals surface area contributed by atoms with Gasteiger partial charge >= 0.3 is 5.97 Å². The smallest absolute Gasteiger partial charge is 0.338 e. The van der Waals surface area contributed by atoms with Crippen LogP contribution in [0.5, 0.6) is 0 Å². The van der Waals surface area contributed by atoms with E-state index < -0.39 is 12.1 Å². The summed E-state index contributed by atoms with van der Waals surface area (Å²) in [7, 11) is 0. The Morgan fingerprint density at radius 2 is 1.35 bits per heavy atom. The molecule has 3 aromatic carbocycles. The topological polar surface area (TPSA) is 63.7 Å². The molecule has 0 N–H and O–H groups in total. The summed E-state index contributed by atoms with van der Waals surface area (Å²) in [6.07, 6.45) is -0.0946. The molecule has 31 heavy (non-hydrogen) atoms. The first-order valence-corrected chi connectivity index (χ1v) is 10.3. The van der Waals surface area contributed by atoms with Crippen molar-refractivity contribution in [2.45, 2.75) is 26.0 Å². The summed E-state index contributed by atoms with van der Waals surface area (Å²) in [6.45, 7) is 2.72. The molecule has 0 spiro atoms. The molecule has 1 amide bonds. The molecule has 0 radical (unpaired) electrons. The average molecular weight is 413 g/mol. The Balaban J connectivity index is 1.38. The Kier molecular flexibility index (Phi) is 5.94. The number of ketones is 1. The number of ether oxygens (including phenoxy) is 1. The van der Waals surface area contributed by atoms with Crippen molar-refractivity contribution in [1.29, 1.82) is 0 Å². The maximum Gasteiger partial charge on any atom is 0.338 e. The minimum atomic E-state index is -0.886. The van der Waals surface area contributed by atoms with Crippen LogP contribution in [-0.4, -0.2) is 35.2 Å². The van der Waals surface area contributed by atoms with Gasteiger partial charge in [-0.15, -0.1) is 0 Å². The Labute approximate surface area is 181 Å². The first kappa shape index (κ1) is 20.5. The zero-order chi connectivity index (χ0) is 21.8. The first-order chi connectivity index (χ1) is 15.0. The molecule has 1 aliphatic heterocycles. The molecule has 4 rings (SSSR count). The zero-order valence-electron chi connectivity index (χ0n) is 17.3. The second kappa shape index (κ2) is 8.96. The van der Waals surface area contributed by atoms with E-state index in [1.807, 2.05) is 24.3 Å². The van der Waals surface area contributed by atoms with Gasteiger partial charge in [-0.2, -0.15) is 0 Å². The van der Waals surface area contributed by atoms with Gasteiger partial charge in [-0.3, -0.25) is 9.59 Å². The van der Waals surface area contributed by atoms with E-state index in [-0.39, 0.29) is 11.7 Å². The van der Waals surface area contributed by atoms with Gasteiger partial charge in [-0.05, 0) is 36.6 Å². The highest BCUT2D eigenvalue weighted by atomic mass is 16.5. The second-order valence-corrected chi connectivity index (χ2v) is 7.60. The third kappa shape index (κ3) is 4.56. The van der Waals surface area contributed by atoms with Crippen LogP contribution >= 0.6 is 0 Å². The molecule has 0 saturated heterocycles. The van der Waals surface area contributed by atoms with Crippen LogP contribution in [0, 0.1) is 0 Å². The van der Waals surface area contributed by atoms with Gasteiger partial charge < -0.3 is 9.64 Å². The van der Waals surface area contributed by atoms with Crippen molar-refractivity contribution >= 4 is 17.7 Å². The fraction of sp³-hybridized carbons (Fsp3) is 0.192. The molecule has 1 aliphatic rings. The van der Waals surface area contributed by atoms with Crippen LogP contribution in [0.3, 0.4) is 0 Å². The van der Waals surface area contributed by atoms with Gasteiger partial charge in [0, 0.05) is 24.2 Å². The lowest BCUT2D eigenvalue weighted by atomic mass is 9.99. The van der Waals surface area contributed by atoms with Gasteiger partial charge in [0.1, 0.15) is 0 Å². The summed E-state index contributed by atoms with van der Waals surface area (Å²) in [4.78, 5) is 39.5. The van der Waals surface area contributed by atoms with Gasteiger partial charge in [0.2, 0.25) is 0 Å². The number of carbonyl (C=O) groups excluding carboxylic acids is 3. The number of hydrogen-bond acceptors (Lipinski definition) is 4. The van der Waals surface area contributed by atoms with Crippen molar-refractivity contribution < 1.29 is 19.1 Å². The summed E-state index contributed by atoms with van der Waals surface area (Å²) < 4.78 is 5.41. The van der Waals surface area contributed by atoms with Crippen LogP contribution in [0.1, 0.15) is 44.3 Å². The van der Waals surface area contributed by atoms with Crippen LogP contribution in [0.25, 0.3) is 0 Å². The van der Waals surface area contributed by atoms with Crippen LogP contribution in [0.4, 0.5) is 0 Å². The zero-order valence-corrected chi connectivity index (χ0v) is 17.3. The number of rotatable bonds is 5. The molecular weight excluding hydrogens is 390 g/mol. The normalized spacial score (nSPS) is 13.8. The fourth-order valence-electron chi connectivity index (χ4n) is 3.73. The number of amides is 1. The number of carbonyl (C=O) groups is 3. The fourth-order valence-corrected chi connectivity index (χ4v) is 3.73. The van der Waals surface area contributed by atoms with Gasteiger partial charge in [-0.25, -0.2) is 4.79 Å². The summed E-state index contributed by atoms with van der Waals surface area (Å²) in [5.41, 5.74) is 3.74. The van der Waals surface area contributed by atoms with E-state index in [0.717, 1.165) is 12.0 Å². The van der Waals surface area contributed by atoms with E-state index in [0.29, 0.717) is 29.8 Å². The van der Waals surface area contributed by atoms with E-state index in [9.17, 15) is 14.4 Å². The van der Waals surface area contributed by atoms with Crippen molar-refractivity contribution in [2.24, 2.45) is 0 Å². The van der Waals surface area contributed by atoms with Crippen LogP contribution in [0.2, 0.25) is 0 Å². The van der Waals surface area contributed by atoms with Crippen molar-refractivity contribution in [3.8, 4) is 0 Å². The molecule has 156 valence electrons. The van der Waals surface area contributed by atoms with E-state index in [2.05, 4.69) is 6.07 Å². The molecule has 5 nitrogen and oxygen atoms in total. The maximum atomic E-state index is 12.8. The van der Waals surface area contributed by atoms with E-state index in [4.69, 9.17) is 4.74 Å². The Hall–Kier alpha value is -3.73. The monoisotopic (exact) mass is 413 g/mol. The molecule has 5 heteroatoms. The number of fused-ring (bicyclic) bond motifs is 1. The van der Waals surface area contributed by atoms with Gasteiger partial charge in [0.15, 0.2) is 11.9 Å². The van der Waals surface area contributed by atoms with Crippen LogP contribution < -0.4 is 0 Å². The number of benzene rings is 3. The van der Waals surface area contributed by atoms with Crippen molar-refractivity contribution in [3.63, 3.8) is 0 Å². The number of nitrogens with zero attached hydrogens (tertiary/aromatic N) is 1. The standard InChI is InChI=1S/C26H23NO4/c1-18(25(29)27-16-15-19-7-5-6-10-23(19)17-27)31-26(30)22-13-11-21(12-14-22)24(28)20-8-3-2-4-9-20/h2-14,18H,15-17H2,1H3/t18-/m0/s1. The van der Waals surface area contributed by atoms with Gasteiger partial charge in [0.25, 0.3) is 5.91 Å². The van der Waals surface area contributed by atoms with Crippen LogP contribution in [-0.2, 0) is 22.5 Å². The molecule has 0 fully saturated rings. The SMILES string of the molecule is C[C@H](OC(=O)c1ccc(C(=O)c2ccccc2)cc1)C(=O)N1CCc2ccccc2C1. The highest BCUT2D eigenvalue weighted by Crippen LogP contribution is 2.20. The van der Waals surface area contributed by atoms with Crippen molar-refractivity contribution in [3.05, 3.63) is 107 Å². The lowest BCUT2D eigenvalue weighted by molar-refractivity contribution is -0.140. The summed E-state index contributed by atoms with van der Waals surface area (Å²) >= 11 is 0. The minimum absolute atomic E-state index is 0.116. The molecule has 1 heterocycles. The molecule has 0 unspecified atom stereocenters. The summed E-state index contributed by atoms with van der Waals surface area (Å²) in [5, 5.41) is 0. The largest absolute Gasteiger partial charge is 0.449 e. The molecule has 0 aliphatic carbocycles. The first-order valence-electron chi connectivity index (χ1n) is 10.3. The molecular formula is C26H23NO4. The third-order valence-electron chi connectivity index (χ3n) is 5.49. The number of hydrogen-bond donors (Lipinski definition) is 0. The highest BCUT2D eigenvalue weighted by Gasteiger charge is 2.27. The quantitative estimate of drug-likeness (QED) is 0.468. The number of esters is 1. The third-order valence-corrected chi connectivity index (χ3v) is 5.49. The van der Waals surface area contributed by atoms with E-state index in [1.165, 1.54) is 5.56 Å². The Morgan fingerprint density at radius 3 is 2.06 bits per heavy atom. The second-order valence-electron chi connectivity index (χ2n) is 7.60. The van der Waals surface area contributed by atoms with E-state index in [1.54, 1.807) is 60.4 Å². The van der Waals surface area contributed by atoms with Gasteiger partial charge in [0.05, 0.1) is 5.56 Å². The van der Waals surface area contributed by atoms with Crippen molar-refractivity contribution in [2.75, 3.05) is 6.54 Å². The average Bonchev–Trinajstić information content (AvgIpc) is 2.83. The predicted molar refractivity (Wildman–Crippen MR) is 117 cm³/mol. The van der Waals surface area contributed by atoms with Crippen molar-refractivity contribution in [1.82, 2.24) is 4.90 Å². The molecule has 0 bridgehead atoms. The maximum absolute atomic E-state index is 12.8. The lowest BCUT2D eigenvalue weighted by Gasteiger charge is -2.30. The predicted octanol–water partition coefficient (Wildman–Crippen LogP) is 4.05. The van der Waals surface area contributed by atoms with E-state index >= 15 is 0 Å². The highest BCUT2D eigenvalue weighted by molar-refractivity contribution is 6.09. The molecule has 1 atom stereocenters. The van der Waals surface area contributed by atoms with Crippen LogP contribution in [0.15, 0.2) is 78.9 Å². The molecule has 3 aromatic rings. The molecule has 0 saturated carbocycles. The van der Waals surface area contributed by atoms with Gasteiger partial charge in [-0.1, -0.05) is 66.7 Å².